The average Bonchev–Trinajstić information content (AvgIpc) is 2.78. The molecule has 0 radical (unpaired) electrons. The maximum atomic E-state index is 11.1. The fourth-order valence-corrected chi connectivity index (χ4v) is 2.11. The van der Waals surface area contributed by atoms with E-state index in [2.05, 4.69) is 5.10 Å². The van der Waals surface area contributed by atoms with Crippen molar-refractivity contribution in [3.05, 3.63) is 46.2 Å². The molecule has 0 aliphatic rings. The summed E-state index contributed by atoms with van der Waals surface area (Å²) in [5.74, 6) is -1.15. The van der Waals surface area contributed by atoms with Gasteiger partial charge in [-0.3, -0.25) is 0 Å². The maximum absolute atomic E-state index is 11.1. The van der Waals surface area contributed by atoms with Crippen molar-refractivity contribution >= 4 is 17.6 Å². The Morgan fingerprint density at radius 2 is 2.00 bits per heavy atom. The third kappa shape index (κ3) is 2.47. The number of hydrogen-bond donors (Lipinski definition) is 2. The lowest BCUT2D eigenvalue weighted by Gasteiger charge is -2.06. The number of benzene rings is 1. The minimum atomic E-state index is -1.15. The highest BCUT2D eigenvalue weighted by molar-refractivity contribution is 6.30. The van der Waals surface area contributed by atoms with Crippen LogP contribution in [0.25, 0.3) is 5.69 Å². The van der Waals surface area contributed by atoms with E-state index in [0.29, 0.717) is 28.4 Å². The van der Waals surface area contributed by atoms with Crippen LogP contribution < -0.4 is 0 Å². The van der Waals surface area contributed by atoms with Gasteiger partial charge in [-0.25, -0.2) is 9.48 Å². The fourth-order valence-electron chi connectivity index (χ4n) is 1.98. The van der Waals surface area contributed by atoms with Crippen LogP contribution in [0.1, 0.15) is 28.7 Å². The summed E-state index contributed by atoms with van der Waals surface area (Å²) < 4.78 is 1.53. The van der Waals surface area contributed by atoms with Gasteiger partial charge >= 0.3 is 5.97 Å². The molecule has 5 nitrogen and oxygen atoms in total. The number of hydrogen-bond acceptors (Lipinski definition) is 3. The van der Waals surface area contributed by atoms with Gasteiger partial charge in [-0.1, -0.05) is 18.5 Å². The lowest BCUT2D eigenvalue weighted by Crippen LogP contribution is -2.03. The molecular weight excluding hydrogens is 268 g/mol. The predicted octanol–water partition coefficient (Wildman–Crippen LogP) is 2.28. The zero-order valence-corrected chi connectivity index (χ0v) is 11.1. The molecule has 19 heavy (non-hydrogen) atoms. The maximum Gasteiger partial charge on any atom is 0.356 e. The van der Waals surface area contributed by atoms with Crippen LogP contribution in [0, 0.1) is 0 Å². The molecule has 0 saturated heterocycles. The first kappa shape index (κ1) is 13.6. The molecular formula is C13H13ClN2O3. The summed E-state index contributed by atoms with van der Waals surface area (Å²) in [5, 5.41) is 23.1. The molecule has 0 aliphatic carbocycles. The van der Waals surface area contributed by atoms with Crippen molar-refractivity contribution in [3.63, 3.8) is 0 Å². The molecule has 1 aromatic heterocycles. The number of carboxylic acids is 1. The van der Waals surface area contributed by atoms with Gasteiger partial charge in [0.1, 0.15) is 0 Å². The molecule has 100 valence electrons. The van der Waals surface area contributed by atoms with Crippen molar-refractivity contribution in [1.29, 1.82) is 0 Å². The number of aliphatic hydroxyl groups is 1. The number of nitrogens with zero attached hydrogens (tertiary/aromatic N) is 2. The summed E-state index contributed by atoms with van der Waals surface area (Å²) in [6, 6.07) is 6.91. The number of aromatic carboxylic acids is 1. The zero-order valence-electron chi connectivity index (χ0n) is 10.3. The Morgan fingerprint density at radius 3 is 2.47 bits per heavy atom. The van der Waals surface area contributed by atoms with E-state index in [1.807, 2.05) is 6.92 Å². The Hall–Kier alpha value is -1.85. The fraction of sp³-hybridized carbons (Fsp3) is 0.231. The summed E-state index contributed by atoms with van der Waals surface area (Å²) in [7, 11) is 0. The van der Waals surface area contributed by atoms with Crippen LogP contribution in [-0.4, -0.2) is 26.0 Å². The molecule has 0 unspecified atom stereocenters. The van der Waals surface area contributed by atoms with Gasteiger partial charge in [-0.15, -0.1) is 0 Å². The standard InChI is InChI=1S/C13H13ClN2O3/c1-2-11-10(7-17)12(13(18)19)15-16(11)9-5-3-8(14)4-6-9/h3-6,17H,2,7H2,1H3,(H,18,19). The minimum Gasteiger partial charge on any atom is -0.476 e. The van der Waals surface area contributed by atoms with Crippen molar-refractivity contribution in [2.75, 3.05) is 0 Å². The molecule has 1 heterocycles. The molecule has 2 rings (SSSR count). The van der Waals surface area contributed by atoms with Crippen molar-refractivity contribution in [2.45, 2.75) is 20.0 Å². The van der Waals surface area contributed by atoms with E-state index in [-0.39, 0.29) is 12.3 Å². The van der Waals surface area contributed by atoms with Crippen LogP contribution >= 0.6 is 11.6 Å². The summed E-state index contributed by atoms with van der Waals surface area (Å²) in [6.45, 7) is 1.53. The van der Waals surface area contributed by atoms with Crippen LogP contribution in [0.3, 0.4) is 0 Å². The number of carboxylic acid groups (broad SMARTS) is 1. The first-order valence-corrected chi connectivity index (χ1v) is 6.17. The number of halogens is 1. The van der Waals surface area contributed by atoms with Crippen molar-refractivity contribution in [1.82, 2.24) is 9.78 Å². The quantitative estimate of drug-likeness (QED) is 0.901. The second-order valence-corrected chi connectivity index (χ2v) is 4.42. The second kappa shape index (κ2) is 5.42. The molecule has 2 aromatic rings. The predicted molar refractivity (Wildman–Crippen MR) is 70.8 cm³/mol. The first-order valence-electron chi connectivity index (χ1n) is 5.79. The Morgan fingerprint density at radius 1 is 1.37 bits per heavy atom. The van der Waals surface area contributed by atoms with E-state index in [1.54, 1.807) is 24.3 Å². The molecule has 0 fully saturated rings. The number of aromatic nitrogens is 2. The van der Waals surface area contributed by atoms with Crippen molar-refractivity contribution in [2.24, 2.45) is 0 Å². The lowest BCUT2D eigenvalue weighted by molar-refractivity contribution is 0.0686. The number of carbonyl (C=O) groups is 1. The highest BCUT2D eigenvalue weighted by atomic mass is 35.5. The summed E-state index contributed by atoms with van der Waals surface area (Å²) >= 11 is 5.82. The largest absolute Gasteiger partial charge is 0.476 e. The topological polar surface area (TPSA) is 75.3 Å². The normalized spacial score (nSPS) is 10.7. The van der Waals surface area contributed by atoms with Crippen LogP contribution in [0.2, 0.25) is 5.02 Å². The molecule has 6 heteroatoms. The minimum absolute atomic E-state index is 0.116. The average molecular weight is 281 g/mol. The van der Waals surface area contributed by atoms with E-state index in [0.717, 1.165) is 0 Å². The third-order valence-electron chi connectivity index (χ3n) is 2.86. The lowest BCUT2D eigenvalue weighted by atomic mass is 10.1. The van der Waals surface area contributed by atoms with E-state index >= 15 is 0 Å². The molecule has 0 amide bonds. The number of rotatable bonds is 4. The van der Waals surface area contributed by atoms with Gasteiger partial charge in [0.05, 0.1) is 18.0 Å². The van der Waals surface area contributed by atoms with Crippen molar-refractivity contribution < 1.29 is 15.0 Å². The van der Waals surface area contributed by atoms with Gasteiger partial charge in [-0.05, 0) is 30.7 Å². The van der Waals surface area contributed by atoms with Gasteiger partial charge in [0.25, 0.3) is 0 Å². The van der Waals surface area contributed by atoms with E-state index in [9.17, 15) is 9.90 Å². The highest BCUT2D eigenvalue weighted by Gasteiger charge is 2.21. The van der Waals surface area contributed by atoms with Crippen LogP contribution in [0.15, 0.2) is 24.3 Å². The third-order valence-corrected chi connectivity index (χ3v) is 3.11. The van der Waals surface area contributed by atoms with E-state index < -0.39 is 5.97 Å². The SMILES string of the molecule is CCc1c(CO)c(C(=O)O)nn1-c1ccc(Cl)cc1. The molecule has 0 bridgehead atoms. The monoisotopic (exact) mass is 280 g/mol. The summed E-state index contributed by atoms with van der Waals surface area (Å²) in [6.07, 6.45) is 0.568. The van der Waals surface area contributed by atoms with Gasteiger partial charge in [0.2, 0.25) is 0 Å². The first-order chi connectivity index (χ1) is 9.08. The van der Waals surface area contributed by atoms with Gasteiger partial charge in [-0.2, -0.15) is 5.10 Å². The number of aliphatic hydroxyl groups excluding tert-OH is 1. The summed E-state index contributed by atoms with van der Waals surface area (Å²) in [4.78, 5) is 11.1. The van der Waals surface area contributed by atoms with Crippen molar-refractivity contribution in [3.8, 4) is 5.69 Å². The van der Waals surface area contributed by atoms with Crippen LogP contribution in [0.4, 0.5) is 0 Å². The molecule has 0 aliphatic heterocycles. The molecule has 0 saturated carbocycles. The second-order valence-electron chi connectivity index (χ2n) is 3.98. The van der Waals surface area contributed by atoms with Gasteiger partial charge in [0, 0.05) is 10.6 Å². The molecule has 0 atom stereocenters. The zero-order chi connectivity index (χ0) is 14.0. The van der Waals surface area contributed by atoms with Gasteiger partial charge in [0.15, 0.2) is 5.69 Å². The van der Waals surface area contributed by atoms with E-state index in [1.165, 1.54) is 4.68 Å². The van der Waals surface area contributed by atoms with E-state index in [4.69, 9.17) is 16.7 Å². The van der Waals surface area contributed by atoms with Crippen LogP contribution in [-0.2, 0) is 13.0 Å². The Balaban J connectivity index is 2.62. The Kier molecular flexibility index (Phi) is 3.87. The molecule has 1 aromatic carbocycles. The molecule has 0 spiro atoms. The smallest absolute Gasteiger partial charge is 0.356 e. The Labute approximate surface area is 115 Å². The summed E-state index contributed by atoms with van der Waals surface area (Å²) in [5.41, 5.74) is 1.63. The highest BCUT2D eigenvalue weighted by Crippen LogP contribution is 2.21. The Bertz CT molecular complexity index is 605. The van der Waals surface area contributed by atoms with Crippen LogP contribution in [0.5, 0.6) is 0 Å². The molecule has 2 N–H and O–H groups in total. The van der Waals surface area contributed by atoms with Gasteiger partial charge < -0.3 is 10.2 Å².